The van der Waals surface area contributed by atoms with Crippen LogP contribution >= 0.6 is 0 Å². The Morgan fingerprint density at radius 1 is 1.57 bits per heavy atom. The molecule has 0 aromatic rings. The van der Waals surface area contributed by atoms with Crippen molar-refractivity contribution < 1.29 is 24.3 Å². The first-order chi connectivity index (χ1) is 2.91. The van der Waals surface area contributed by atoms with Gasteiger partial charge in [0.15, 0.2) is 0 Å². The summed E-state index contributed by atoms with van der Waals surface area (Å²) >= 11 is 0. The second kappa shape index (κ2) is 9.24. The first-order valence-electron chi connectivity index (χ1n) is 1.49. The van der Waals surface area contributed by atoms with E-state index in [-0.39, 0.29) is 19.5 Å². The fourth-order valence-corrected chi connectivity index (χ4v) is 0.0948. The third kappa shape index (κ3) is 10.7. The molecule has 0 spiro atoms. The van der Waals surface area contributed by atoms with E-state index in [2.05, 4.69) is 0 Å². The molecule has 0 aliphatic heterocycles. The molecule has 0 aromatic heterocycles. The Labute approximate surface area is 55.9 Å². The third-order valence-corrected chi connectivity index (χ3v) is 0.275. The van der Waals surface area contributed by atoms with Gasteiger partial charge in [0.25, 0.3) is 0 Å². The smallest absolute Gasteiger partial charge is 0.419 e. The molecule has 32 valence electrons. The van der Waals surface area contributed by atoms with Crippen LogP contribution in [0.3, 0.4) is 0 Å². The molecule has 1 nitrogen and oxygen atoms in total. The number of allylic oxidation sites excluding steroid dienone is 3. The van der Waals surface area contributed by atoms with Gasteiger partial charge in [0.2, 0.25) is 0 Å². The van der Waals surface area contributed by atoms with Gasteiger partial charge in [-0.1, -0.05) is 0 Å². The minimum atomic E-state index is 0. The minimum Gasteiger partial charge on any atom is -0.419 e. The predicted octanol–water partition coefficient (Wildman–Crippen LogP) is 0.639. The summed E-state index contributed by atoms with van der Waals surface area (Å²) < 4.78 is 0. The maximum atomic E-state index is 9.28. The largest absolute Gasteiger partial charge is 2.00 e. The predicted molar refractivity (Wildman–Crippen MR) is 23.7 cm³/mol. The van der Waals surface area contributed by atoms with Crippen molar-refractivity contribution in [2.45, 2.75) is 0 Å². The van der Waals surface area contributed by atoms with Gasteiger partial charge in [-0.3, -0.25) is 6.58 Å². The van der Waals surface area contributed by atoms with Crippen LogP contribution in [0.1, 0.15) is 0 Å². The zero-order chi connectivity index (χ0) is 4.83. The summed E-state index contributed by atoms with van der Waals surface area (Å²) in [4.78, 5) is 9.28. The average molecular weight is 145 g/mol. The van der Waals surface area contributed by atoms with Gasteiger partial charge in [0.1, 0.15) is 0 Å². The van der Waals surface area contributed by atoms with E-state index >= 15 is 0 Å². The van der Waals surface area contributed by atoms with Gasteiger partial charge in [0, 0.05) is 0 Å². The van der Waals surface area contributed by atoms with Gasteiger partial charge >= 0.3 is 19.5 Å². The molecular weight excluding hydrogens is 141 g/mol. The SMILES string of the molecule is [CH-]=C/C=C\[C-]=O.[Zn+2]. The topological polar surface area (TPSA) is 17.1 Å². The van der Waals surface area contributed by atoms with Gasteiger partial charge in [-0.05, 0) is 6.29 Å². The molecule has 0 atom stereocenters. The fourth-order valence-electron chi connectivity index (χ4n) is 0.0948. The van der Waals surface area contributed by atoms with Gasteiger partial charge in [-0.15, -0.1) is 0 Å². The minimum absolute atomic E-state index is 0. The van der Waals surface area contributed by atoms with Crippen molar-refractivity contribution in [3.63, 3.8) is 0 Å². The Balaban J connectivity index is 0. The summed E-state index contributed by atoms with van der Waals surface area (Å²) in [6.45, 7) is 4.82. The van der Waals surface area contributed by atoms with Crippen LogP contribution < -0.4 is 0 Å². The summed E-state index contributed by atoms with van der Waals surface area (Å²) in [5, 5.41) is 0. The van der Waals surface area contributed by atoms with E-state index in [4.69, 9.17) is 6.58 Å². The molecule has 0 amide bonds. The molecule has 0 aliphatic rings. The van der Waals surface area contributed by atoms with Crippen molar-refractivity contribution >= 4 is 6.29 Å². The molecule has 0 bridgehead atoms. The number of hydrogen-bond donors (Lipinski definition) is 0. The van der Waals surface area contributed by atoms with Crippen LogP contribution in [-0.4, -0.2) is 6.29 Å². The van der Waals surface area contributed by atoms with Crippen molar-refractivity contribution in [1.29, 1.82) is 0 Å². The summed E-state index contributed by atoms with van der Waals surface area (Å²) in [7, 11) is 0. The van der Waals surface area contributed by atoms with E-state index in [1.165, 1.54) is 24.5 Å². The zero-order valence-electron chi connectivity index (χ0n) is 3.92. The summed E-state index contributed by atoms with van der Waals surface area (Å²) in [6.07, 6.45) is 5.40. The maximum absolute atomic E-state index is 9.28. The molecule has 0 heterocycles. The molecule has 0 fully saturated rings. The first kappa shape index (κ1) is 9.91. The first-order valence-corrected chi connectivity index (χ1v) is 1.49. The summed E-state index contributed by atoms with van der Waals surface area (Å²) in [6, 6.07) is 0. The number of carbonyl (C=O) groups excluding carboxylic acids is 1. The van der Waals surface area contributed by atoms with Gasteiger partial charge in [-0.25, -0.2) is 12.2 Å². The molecule has 0 rings (SSSR count). The molecule has 2 heteroatoms. The molecule has 7 heavy (non-hydrogen) atoms. The Morgan fingerprint density at radius 3 is 2.29 bits per heavy atom. The molecule has 0 radical (unpaired) electrons. The van der Waals surface area contributed by atoms with E-state index in [0.29, 0.717) is 0 Å². The van der Waals surface area contributed by atoms with Crippen molar-refractivity contribution in [3.05, 3.63) is 24.8 Å². The fraction of sp³-hybridized carbons (Fsp3) is 0. The Kier molecular flexibility index (Phi) is 13.1. The van der Waals surface area contributed by atoms with Crippen LogP contribution in [0.4, 0.5) is 0 Å². The van der Waals surface area contributed by atoms with E-state index in [0.717, 1.165) is 0 Å². The second-order valence-electron chi connectivity index (χ2n) is 0.669. The molecule has 0 saturated heterocycles. The van der Waals surface area contributed by atoms with Gasteiger partial charge < -0.3 is 4.79 Å². The Morgan fingerprint density at radius 2 is 2.14 bits per heavy atom. The van der Waals surface area contributed by atoms with Crippen LogP contribution in [-0.2, 0) is 24.3 Å². The maximum Gasteiger partial charge on any atom is 2.00 e. The van der Waals surface area contributed by atoms with Gasteiger partial charge in [-0.2, -0.15) is 6.08 Å². The Hall–Kier alpha value is -0.227. The van der Waals surface area contributed by atoms with Crippen LogP contribution in [0.2, 0.25) is 0 Å². The van der Waals surface area contributed by atoms with Crippen LogP contribution in [0.5, 0.6) is 0 Å². The number of rotatable bonds is 2. The molecule has 0 aromatic carbocycles. The standard InChI is InChI=1S/C5H4O.Zn/c1-2-3-4-5-6;/h1-4H;/q-2;+2/b4-3-;. The molecular formula is C5H4OZn. The molecule has 0 N–H and O–H groups in total. The van der Waals surface area contributed by atoms with Crippen molar-refractivity contribution in [1.82, 2.24) is 0 Å². The summed E-state index contributed by atoms with van der Waals surface area (Å²) in [5.74, 6) is 0. The normalized spacial score (nSPS) is 7.43. The van der Waals surface area contributed by atoms with E-state index in [1.807, 2.05) is 0 Å². The number of hydrogen-bond acceptors (Lipinski definition) is 1. The van der Waals surface area contributed by atoms with Crippen molar-refractivity contribution in [2.75, 3.05) is 0 Å². The summed E-state index contributed by atoms with van der Waals surface area (Å²) in [5.41, 5.74) is 0. The quantitative estimate of drug-likeness (QED) is 0.241. The molecule has 0 saturated carbocycles. The average Bonchev–Trinajstić information content (AvgIpc) is 1.61. The van der Waals surface area contributed by atoms with E-state index < -0.39 is 0 Å². The Bertz CT molecular complexity index is 66.1. The monoisotopic (exact) mass is 144 g/mol. The van der Waals surface area contributed by atoms with E-state index in [1.54, 1.807) is 0 Å². The second-order valence-corrected chi connectivity index (χ2v) is 0.669. The molecule has 0 unspecified atom stereocenters. The van der Waals surface area contributed by atoms with Crippen molar-refractivity contribution in [3.8, 4) is 0 Å². The van der Waals surface area contributed by atoms with E-state index in [9.17, 15) is 4.79 Å². The van der Waals surface area contributed by atoms with Crippen LogP contribution in [0.25, 0.3) is 0 Å². The zero-order valence-corrected chi connectivity index (χ0v) is 6.89. The van der Waals surface area contributed by atoms with Crippen molar-refractivity contribution in [2.24, 2.45) is 0 Å². The van der Waals surface area contributed by atoms with Crippen LogP contribution in [0, 0.1) is 6.58 Å². The van der Waals surface area contributed by atoms with Gasteiger partial charge in [0.05, 0.1) is 0 Å². The van der Waals surface area contributed by atoms with Crippen LogP contribution in [0.15, 0.2) is 18.2 Å². The molecule has 0 aliphatic carbocycles. The third-order valence-electron chi connectivity index (χ3n) is 0.275.